The largest absolute Gasteiger partial charge is 0.280 e. The molecule has 0 saturated heterocycles. The van der Waals surface area contributed by atoms with E-state index >= 15 is 0 Å². The molecule has 0 saturated carbocycles. The predicted molar refractivity (Wildman–Crippen MR) is 54.6 cm³/mol. The number of alkyl halides is 2. The maximum absolute atomic E-state index is 12.0. The zero-order valence-electron chi connectivity index (χ0n) is 5.19. The summed E-state index contributed by atoms with van der Waals surface area (Å²) in [5.74, 6) is 0. The van der Waals surface area contributed by atoms with Crippen LogP contribution in [0.1, 0.15) is 12.1 Å². The summed E-state index contributed by atoms with van der Waals surface area (Å²) in [4.78, 5) is 3.70. The first-order chi connectivity index (χ1) is 5.11. The van der Waals surface area contributed by atoms with Crippen molar-refractivity contribution in [1.29, 1.82) is 0 Å². The van der Waals surface area contributed by atoms with Crippen molar-refractivity contribution in [2.75, 3.05) is 0 Å². The summed E-state index contributed by atoms with van der Waals surface area (Å²) in [6, 6.07) is 2.98. The highest BCUT2D eigenvalue weighted by atomic mass is 127. The van der Waals surface area contributed by atoms with Gasteiger partial charge >= 0.3 is 0 Å². The van der Waals surface area contributed by atoms with Gasteiger partial charge in [-0.25, -0.2) is 13.8 Å². The molecule has 1 rings (SSSR count). The van der Waals surface area contributed by atoms with Crippen LogP contribution in [0.3, 0.4) is 0 Å². The van der Waals surface area contributed by atoms with Gasteiger partial charge in [-0.1, -0.05) is 0 Å². The maximum atomic E-state index is 12.0. The number of pyridine rings is 1. The summed E-state index contributed by atoms with van der Waals surface area (Å²) in [7, 11) is 0. The Balaban J connectivity index is 3.05. The monoisotopic (exact) mass is 381 g/mol. The minimum atomic E-state index is -2.47. The van der Waals surface area contributed by atoms with Gasteiger partial charge in [0.2, 0.25) is 0 Å². The highest BCUT2D eigenvalue weighted by Gasteiger charge is 2.09. The Labute approximate surface area is 89.9 Å². The zero-order chi connectivity index (χ0) is 8.43. The molecule has 0 N–H and O–H groups in total. The van der Waals surface area contributed by atoms with Crippen LogP contribution in [0.25, 0.3) is 0 Å². The van der Waals surface area contributed by atoms with Crippen LogP contribution in [0, 0.1) is 7.27 Å². The fourth-order valence-corrected chi connectivity index (χ4v) is 1.31. The lowest BCUT2D eigenvalue weighted by Gasteiger charge is -1.99. The average Bonchev–Trinajstić information content (AvgIpc) is 1.94. The first kappa shape index (κ1) is 9.56. The number of rotatable bonds is 1. The Hall–Kier alpha value is 0.470. The summed E-state index contributed by atoms with van der Waals surface area (Å²) >= 11 is 3.98. The van der Waals surface area contributed by atoms with Crippen LogP contribution < -0.4 is 0 Å². The van der Waals surface area contributed by atoms with Crippen LogP contribution in [0.5, 0.6) is 0 Å². The first-order valence-corrected chi connectivity index (χ1v) is 4.87. The number of halogens is 4. The Bertz CT molecular complexity index is 265. The molecule has 1 aromatic heterocycles. The molecule has 0 aliphatic carbocycles. The molecule has 0 amide bonds. The normalized spacial score (nSPS) is 10.6. The minimum absolute atomic E-state index is 0.158. The lowest BCUT2D eigenvalue weighted by Crippen LogP contribution is -1.93. The summed E-state index contributed by atoms with van der Waals surface area (Å²) in [5.41, 5.74) is -0.158. The molecule has 0 atom stereocenters. The van der Waals surface area contributed by atoms with Crippen LogP contribution in [0.4, 0.5) is 8.78 Å². The third kappa shape index (κ3) is 2.46. The molecule has 5 heteroatoms. The fourth-order valence-electron chi connectivity index (χ4n) is 0.553. The molecule has 0 aromatic carbocycles. The van der Waals surface area contributed by atoms with E-state index < -0.39 is 6.43 Å². The molecule has 0 bridgehead atoms. The van der Waals surface area contributed by atoms with E-state index in [2.05, 4.69) is 4.98 Å². The standard InChI is InChI=1S/C6H3F2I2N/c7-5(8)4-2-1-3(9)6(10)11-4/h1-2,5H. The van der Waals surface area contributed by atoms with Gasteiger partial charge in [-0.2, -0.15) is 0 Å². The van der Waals surface area contributed by atoms with Gasteiger partial charge in [0, 0.05) is 3.57 Å². The van der Waals surface area contributed by atoms with Crippen LogP contribution in [-0.2, 0) is 0 Å². The summed E-state index contributed by atoms with van der Waals surface area (Å²) in [6.45, 7) is 0. The van der Waals surface area contributed by atoms with Crippen molar-refractivity contribution in [2.45, 2.75) is 6.43 Å². The summed E-state index contributed by atoms with van der Waals surface area (Å²) < 4.78 is 25.5. The molecule has 1 heterocycles. The van der Waals surface area contributed by atoms with E-state index in [9.17, 15) is 8.78 Å². The summed E-state index contributed by atoms with van der Waals surface area (Å²) in [6.07, 6.45) is -2.47. The van der Waals surface area contributed by atoms with E-state index in [0.717, 1.165) is 3.57 Å². The van der Waals surface area contributed by atoms with Crippen molar-refractivity contribution in [3.05, 3.63) is 25.1 Å². The molecule has 1 aromatic rings. The number of aromatic nitrogens is 1. The summed E-state index contributed by atoms with van der Waals surface area (Å²) in [5, 5.41) is 0. The van der Waals surface area contributed by atoms with E-state index in [-0.39, 0.29) is 5.69 Å². The quantitative estimate of drug-likeness (QED) is 0.538. The number of hydrogen-bond acceptors (Lipinski definition) is 1. The number of nitrogens with zero attached hydrogens (tertiary/aromatic N) is 1. The van der Waals surface area contributed by atoms with E-state index in [1.807, 2.05) is 45.2 Å². The second-order valence-corrected chi connectivity index (χ2v) is 3.99. The van der Waals surface area contributed by atoms with Gasteiger partial charge in [-0.15, -0.1) is 0 Å². The SMILES string of the molecule is FC(F)c1ccc(I)c(I)n1. The highest BCUT2D eigenvalue weighted by molar-refractivity contribution is 14.1. The highest BCUT2D eigenvalue weighted by Crippen LogP contribution is 2.19. The molecule has 0 spiro atoms. The second-order valence-electron chi connectivity index (χ2n) is 1.81. The van der Waals surface area contributed by atoms with E-state index in [1.165, 1.54) is 6.07 Å². The Morgan fingerprint density at radius 2 is 1.91 bits per heavy atom. The van der Waals surface area contributed by atoms with Crippen molar-refractivity contribution in [3.63, 3.8) is 0 Å². The molecule has 0 aliphatic rings. The van der Waals surface area contributed by atoms with Gasteiger partial charge in [0.1, 0.15) is 9.39 Å². The van der Waals surface area contributed by atoms with Gasteiger partial charge in [-0.05, 0) is 57.3 Å². The Kier molecular flexibility index (Phi) is 3.41. The molecular formula is C6H3F2I2N. The molecule has 1 nitrogen and oxygen atoms in total. The lowest BCUT2D eigenvalue weighted by atomic mass is 10.4. The fraction of sp³-hybridized carbons (Fsp3) is 0.167. The van der Waals surface area contributed by atoms with E-state index in [4.69, 9.17) is 0 Å². The Morgan fingerprint density at radius 1 is 1.27 bits per heavy atom. The van der Waals surface area contributed by atoms with Crippen LogP contribution >= 0.6 is 45.2 Å². The molecule has 0 aliphatic heterocycles. The van der Waals surface area contributed by atoms with Crippen molar-refractivity contribution in [2.24, 2.45) is 0 Å². The molecule has 0 radical (unpaired) electrons. The topological polar surface area (TPSA) is 12.9 Å². The van der Waals surface area contributed by atoms with Gasteiger partial charge in [-0.3, -0.25) is 0 Å². The van der Waals surface area contributed by atoms with Gasteiger partial charge in [0.15, 0.2) is 0 Å². The predicted octanol–water partition coefficient (Wildman–Crippen LogP) is 3.23. The molecule has 11 heavy (non-hydrogen) atoms. The molecular weight excluding hydrogens is 378 g/mol. The maximum Gasteiger partial charge on any atom is 0.280 e. The van der Waals surface area contributed by atoms with E-state index in [1.54, 1.807) is 6.07 Å². The average molecular weight is 381 g/mol. The van der Waals surface area contributed by atoms with Crippen LogP contribution in [0.15, 0.2) is 12.1 Å². The smallest absolute Gasteiger partial charge is 0.240 e. The van der Waals surface area contributed by atoms with Crippen molar-refractivity contribution in [3.8, 4) is 0 Å². The van der Waals surface area contributed by atoms with Crippen LogP contribution in [0.2, 0.25) is 0 Å². The molecule has 0 unspecified atom stereocenters. The lowest BCUT2D eigenvalue weighted by molar-refractivity contribution is 0.146. The first-order valence-electron chi connectivity index (χ1n) is 2.71. The molecule has 0 fully saturated rings. The number of hydrogen-bond donors (Lipinski definition) is 0. The van der Waals surface area contributed by atoms with Crippen molar-refractivity contribution in [1.82, 2.24) is 4.98 Å². The van der Waals surface area contributed by atoms with Gasteiger partial charge in [0.25, 0.3) is 6.43 Å². The van der Waals surface area contributed by atoms with Gasteiger partial charge in [0.05, 0.1) is 0 Å². The third-order valence-electron chi connectivity index (χ3n) is 1.05. The Morgan fingerprint density at radius 3 is 2.36 bits per heavy atom. The van der Waals surface area contributed by atoms with Crippen LogP contribution in [-0.4, -0.2) is 4.98 Å². The van der Waals surface area contributed by atoms with Crippen molar-refractivity contribution < 1.29 is 8.78 Å². The van der Waals surface area contributed by atoms with Gasteiger partial charge < -0.3 is 0 Å². The second kappa shape index (κ2) is 3.92. The van der Waals surface area contributed by atoms with E-state index in [0.29, 0.717) is 3.70 Å². The minimum Gasteiger partial charge on any atom is -0.240 e. The zero-order valence-corrected chi connectivity index (χ0v) is 9.51. The van der Waals surface area contributed by atoms with Crippen molar-refractivity contribution >= 4 is 45.2 Å². The third-order valence-corrected chi connectivity index (χ3v) is 3.77. The molecule has 60 valence electrons.